The largest absolute Gasteiger partial charge is 0.490 e. The molecule has 2 nitrogen and oxygen atoms in total. The van der Waals surface area contributed by atoms with E-state index in [9.17, 15) is 4.79 Å². The zero-order chi connectivity index (χ0) is 14.3. The number of ether oxygens (including phenoxy) is 1. The molecule has 0 saturated heterocycles. The van der Waals surface area contributed by atoms with Crippen molar-refractivity contribution >= 4 is 6.29 Å². The summed E-state index contributed by atoms with van der Waals surface area (Å²) in [6.07, 6.45) is 2.11. The van der Waals surface area contributed by atoms with Crippen molar-refractivity contribution in [2.75, 3.05) is 0 Å². The van der Waals surface area contributed by atoms with Crippen molar-refractivity contribution in [1.29, 1.82) is 0 Å². The van der Waals surface area contributed by atoms with Crippen LogP contribution in [0.25, 0.3) is 11.1 Å². The first kappa shape index (κ1) is 12.9. The van der Waals surface area contributed by atoms with Crippen LogP contribution in [0.1, 0.15) is 34.0 Å². The second kappa shape index (κ2) is 4.78. The Hall–Kier alpha value is -2.09. The highest BCUT2D eigenvalue weighted by Crippen LogP contribution is 2.39. The molecule has 1 unspecified atom stereocenters. The molecule has 0 N–H and O–H groups in total. The van der Waals surface area contributed by atoms with Crippen LogP contribution in [-0.2, 0) is 6.42 Å². The Morgan fingerprint density at radius 2 is 2.05 bits per heavy atom. The Morgan fingerprint density at radius 3 is 2.80 bits per heavy atom. The summed E-state index contributed by atoms with van der Waals surface area (Å²) in [5.41, 5.74) is 6.81. The van der Waals surface area contributed by atoms with Crippen molar-refractivity contribution < 1.29 is 9.53 Å². The molecule has 20 heavy (non-hydrogen) atoms. The third kappa shape index (κ3) is 2.01. The van der Waals surface area contributed by atoms with Crippen molar-refractivity contribution in [2.45, 2.75) is 33.3 Å². The average Bonchev–Trinajstić information content (AvgIpc) is 2.80. The molecule has 0 spiro atoms. The van der Waals surface area contributed by atoms with Crippen molar-refractivity contribution in [1.82, 2.24) is 0 Å². The minimum Gasteiger partial charge on any atom is -0.490 e. The highest BCUT2D eigenvalue weighted by atomic mass is 16.5. The number of carbonyl (C=O) groups is 1. The maximum absolute atomic E-state index is 11.0. The van der Waals surface area contributed by atoms with Gasteiger partial charge in [-0.15, -0.1) is 0 Å². The number of aryl methyl sites for hydroxylation is 1. The Labute approximate surface area is 119 Å². The van der Waals surface area contributed by atoms with E-state index >= 15 is 0 Å². The van der Waals surface area contributed by atoms with Gasteiger partial charge in [-0.25, -0.2) is 0 Å². The van der Waals surface area contributed by atoms with Gasteiger partial charge in [0, 0.05) is 17.5 Å². The highest BCUT2D eigenvalue weighted by Gasteiger charge is 2.24. The van der Waals surface area contributed by atoms with E-state index in [1.165, 1.54) is 22.3 Å². The van der Waals surface area contributed by atoms with Crippen LogP contribution >= 0.6 is 0 Å². The molecule has 1 atom stereocenters. The molecular formula is C18H18O2. The molecule has 2 aromatic rings. The fourth-order valence-electron chi connectivity index (χ4n) is 3.10. The van der Waals surface area contributed by atoms with Crippen molar-refractivity contribution in [3.8, 4) is 16.9 Å². The summed E-state index contributed by atoms with van der Waals surface area (Å²) in [4.78, 5) is 11.0. The predicted molar refractivity (Wildman–Crippen MR) is 80.5 cm³/mol. The van der Waals surface area contributed by atoms with Gasteiger partial charge in [-0.3, -0.25) is 4.79 Å². The number of benzene rings is 2. The first-order valence-electron chi connectivity index (χ1n) is 6.95. The lowest BCUT2D eigenvalue weighted by Gasteiger charge is -2.14. The maximum atomic E-state index is 11.0. The van der Waals surface area contributed by atoms with Crippen LogP contribution in [0.5, 0.6) is 5.75 Å². The monoisotopic (exact) mass is 266 g/mol. The minimum absolute atomic E-state index is 0.250. The molecule has 102 valence electrons. The zero-order valence-corrected chi connectivity index (χ0v) is 12.1. The second-order valence-electron chi connectivity index (χ2n) is 5.55. The Bertz CT molecular complexity index is 686. The zero-order valence-electron chi connectivity index (χ0n) is 12.1. The number of rotatable bonds is 2. The number of carbonyl (C=O) groups excluding carboxylic acids is 1. The molecule has 2 aromatic carbocycles. The quantitative estimate of drug-likeness (QED) is 0.765. The molecule has 1 aliphatic heterocycles. The van der Waals surface area contributed by atoms with Crippen LogP contribution in [0, 0.1) is 13.8 Å². The normalized spacial score (nSPS) is 16.6. The Kier molecular flexibility index (Phi) is 3.09. The van der Waals surface area contributed by atoms with Crippen molar-refractivity contribution in [3.63, 3.8) is 0 Å². The van der Waals surface area contributed by atoms with E-state index in [1.54, 1.807) is 0 Å². The Balaban J connectivity index is 2.19. The van der Waals surface area contributed by atoms with Crippen LogP contribution < -0.4 is 4.74 Å². The number of hydrogen-bond donors (Lipinski definition) is 0. The molecule has 0 aliphatic carbocycles. The van der Waals surface area contributed by atoms with Crippen LogP contribution in [0.15, 0.2) is 30.3 Å². The van der Waals surface area contributed by atoms with Crippen molar-refractivity contribution in [2.24, 2.45) is 0 Å². The topological polar surface area (TPSA) is 26.3 Å². The van der Waals surface area contributed by atoms with Gasteiger partial charge in [-0.05, 0) is 55.2 Å². The Morgan fingerprint density at radius 1 is 1.25 bits per heavy atom. The third-order valence-electron chi connectivity index (χ3n) is 4.00. The van der Waals surface area contributed by atoms with E-state index in [0.717, 1.165) is 24.0 Å². The summed E-state index contributed by atoms with van der Waals surface area (Å²) >= 11 is 0. The molecule has 0 aromatic heterocycles. The molecule has 3 rings (SSSR count). The lowest BCUT2D eigenvalue weighted by atomic mass is 9.90. The van der Waals surface area contributed by atoms with Gasteiger partial charge < -0.3 is 4.74 Å². The average molecular weight is 266 g/mol. The first-order chi connectivity index (χ1) is 9.60. The van der Waals surface area contributed by atoms with Gasteiger partial charge in [-0.1, -0.05) is 18.2 Å². The summed E-state index contributed by atoms with van der Waals surface area (Å²) < 4.78 is 5.85. The molecule has 0 radical (unpaired) electrons. The predicted octanol–water partition coefficient (Wildman–Crippen LogP) is 4.11. The molecule has 2 heteroatoms. The highest BCUT2D eigenvalue weighted by molar-refractivity contribution is 5.81. The van der Waals surface area contributed by atoms with E-state index in [1.807, 2.05) is 18.2 Å². The van der Waals surface area contributed by atoms with Gasteiger partial charge in [0.1, 0.15) is 18.1 Å². The summed E-state index contributed by atoms with van der Waals surface area (Å²) in [7, 11) is 0. The van der Waals surface area contributed by atoms with E-state index in [4.69, 9.17) is 4.74 Å². The molecule has 1 heterocycles. The smallest absolute Gasteiger partial charge is 0.150 e. The van der Waals surface area contributed by atoms with Crippen LogP contribution in [0.4, 0.5) is 0 Å². The molecule has 0 amide bonds. The van der Waals surface area contributed by atoms with Gasteiger partial charge in [0.15, 0.2) is 0 Å². The maximum Gasteiger partial charge on any atom is 0.150 e. The number of aldehydes is 1. The van der Waals surface area contributed by atoms with E-state index in [-0.39, 0.29) is 6.10 Å². The van der Waals surface area contributed by atoms with Crippen molar-refractivity contribution in [3.05, 3.63) is 52.6 Å². The van der Waals surface area contributed by atoms with Crippen LogP contribution in [0.3, 0.4) is 0 Å². The minimum atomic E-state index is 0.250. The van der Waals surface area contributed by atoms with Gasteiger partial charge in [-0.2, -0.15) is 0 Å². The molecule has 1 aliphatic rings. The van der Waals surface area contributed by atoms with Gasteiger partial charge in [0.25, 0.3) is 0 Å². The standard InChI is InChI=1S/C18H18O2/c1-11-7-17-16(8-12(2)20-17)13(3)18(11)15-6-4-5-14(9-15)10-19/h4-7,9-10,12H,8H2,1-3H3. The van der Waals surface area contributed by atoms with Gasteiger partial charge >= 0.3 is 0 Å². The van der Waals surface area contributed by atoms with Crippen LogP contribution in [0.2, 0.25) is 0 Å². The van der Waals surface area contributed by atoms with Gasteiger partial charge in [0.05, 0.1) is 0 Å². The summed E-state index contributed by atoms with van der Waals surface area (Å²) in [6, 6.07) is 9.90. The molecule has 0 fully saturated rings. The number of fused-ring (bicyclic) bond motifs is 1. The van der Waals surface area contributed by atoms with Gasteiger partial charge in [0.2, 0.25) is 0 Å². The first-order valence-corrected chi connectivity index (χ1v) is 6.95. The fraction of sp³-hybridized carbons (Fsp3) is 0.278. The van der Waals surface area contributed by atoms with E-state index in [2.05, 4.69) is 32.9 Å². The lowest BCUT2D eigenvalue weighted by molar-refractivity contribution is 0.112. The SMILES string of the molecule is Cc1cc2c(c(C)c1-c1cccc(C=O)c1)CC(C)O2. The summed E-state index contributed by atoms with van der Waals surface area (Å²) in [5.74, 6) is 1.02. The summed E-state index contributed by atoms with van der Waals surface area (Å²) in [5, 5.41) is 0. The summed E-state index contributed by atoms with van der Waals surface area (Å²) in [6.45, 7) is 6.35. The lowest BCUT2D eigenvalue weighted by Crippen LogP contribution is -2.05. The van der Waals surface area contributed by atoms with E-state index in [0.29, 0.717) is 5.56 Å². The number of hydrogen-bond acceptors (Lipinski definition) is 2. The molecule has 0 saturated carbocycles. The third-order valence-corrected chi connectivity index (χ3v) is 4.00. The fourth-order valence-corrected chi connectivity index (χ4v) is 3.10. The molecular weight excluding hydrogens is 248 g/mol. The second-order valence-corrected chi connectivity index (χ2v) is 5.55. The van der Waals surface area contributed by atoms with E-state index < -0.39 is 0 Å². The molecule has 0 bridgehead atoms. The van der Waals surface area contributed by atoms with Crippen LogP contribution in [-0.4, -0.2) is 12.4 Å².